The van der Waals surface area contributed by atoms with E-state index in [-0.39, 0.29) is 11.6 Å². The van der Waals surface area contributed by atoms with E-state index in [1.165, 1.54) is 5.56 Å². The molecule has 0 aliphatic carbocycles. The minimum atomic E-state index is -0.324. The number of amides is 1. The Hall–Kier alpha value is -4.19. The molecule has 176 valence electrons. The van der Waals surface area contributed by atoms with Crippen LogP contribution in [0.25, 0.3) is 0 Å². The van der Waals surface area contributed by atoms with Crippen LogP contribution in [0, 0.1) is 5.92 Å². The van der Waals surface area contributed by atoms with Crippen molar-refractivity contribution in [2.45, 2.75) is 19.3 Å². The fourth-order valence-electron chi connectivity index (χ4n) is 4.39. The maximum absolute atomic E-state index is 12.8. The number of nitrogens with zero attached hydrogens (tertiary/aromatic N) is 3. The van der Waals surface area contributed by atoms with Crippen molar-refractivity contribution in [2.75, 3.05) is 23.3 Å². The van der Waals surface area contributed by atoms with Crippen LogP contribution in [0.2, 0.25) is 0 Å². The molecule has 1 amide bonds. The van der Waals surface area contributed by atoms with Gasteiger partial charge in [0.1, 0.15) is 5.75 Å². The lowest BCUT2D eigenvalue weighted by Crippen LogP contribution is -2.35. The maximum Gasteiger partial charge on any atom is 0.276 e. The third-order valence-electron chi connectivity index (χ3n) is 6.30. The molecule has 1 aliphatic rings. The average Bonchev–Trinajstić information content (AvgIpc) is 2.91. The number of anilines is 2. The Bertz CT molecular complexity index is 1240. The number of rotatable bonds is 7. The number of benzene rings is 3. The first kappa shape index (κ1) is 22.6. The second-order valence-corrected chi connectivity index (χ2v) is 8.76. The molecule has 1 saturated heterocycles. The van der Waals surface area contributed by atoms with E-state index < -0.39 is 0 Å². The van der Waals surface area contributed by atoms with E-state index in [9.17, 15) is 4.79 Å². The summed E-state index contributed by atoms with van der Waals surface area (Å²) < 4.78 is 5.93. The Kier molecular flexibility index (Phi) is 6.99. The van der Waals surface area contributed by atoms with Gasteiger partial charge in [-0.15, -0.1) is 10.2 Å². The van der Waals surface area contributed by atoms with Crippen LogP contribution in [0.5, 0.6) is 11.5 Å². The van der Waals surface area contributed by atoms with Gasteiger partial charge in [0.25, 0.3) is 5.91 Å². The molecule has 1 N–H and O–H groups in total. The molecule has 5 rings (SSSR count). The van der Waals surface area contributed by atoms with Crippen LogP contribution in [0.1, 0.15) is 28.9 Å². The number of aromatic nitrogens is 2. The third-order valence-corrected chi connectivity index (χ3v) is 6.30. The fraction of sp³-hybridized carbons (Fsp3) is 0.207. The molecule has 4 aromatic rings. The van der Waals surface area contributed by atoms with Crippen molar-refractivity contribution in [1.82, 2.24) is 10.2 Å². The third kappa shape index (κ3) is 5.84. The summed E-state index contributed by atoms with van der Waals surface area (Å²) in [6.45, 7) is 1.89. The normalized spacial score (nSPS) is 13.9. The van der Waals surface area contributed by atoms with Gasteiger partial charge in [0, 0.05) is 13.1 Å². The molecule has 0 atom stereocenters. The van der Waals surface area contributed by atoms with E-state index in [0.717, 1.165) is 38.2 Å². The van der Waals surface area contributed by atoms with Crippen LogP contribution in [0.15, 0.2) is 97.1 Å². The largest absolute Gasteiger partial charge is 0.455 e. The van der Waals surface area contributed by atoms with Gasteiger partial charge in [0.15, 0.2) is 17.3 Å². The number of piperidine rings is 1. The Morgan fingerprint density at radius 3 is 2.23 bits per heavy atom. The number of para-hydroxylation sites is 3. The molecule has 1 aliphatic heterocycles. The van der Waals surface area contributed by atoms with Gasteiger partial charge in [-0.2, -0.15) is 0 Å². The molecular formula is C29H28N4O2. The van der Waals surface area contributed by atoms with Crippen LogP contribution >= 0.6 is 0 Å². The number of hydrogen-bond acceptors (Lipinski definition) is 5. The monoisotopic (exact) mass is 464 g/mol. The first-order valence-corrected chi connectivity index (χ1v) is 12.0. The SMILES string of the molecule is O=C(Nc1ccccc1Oc1ccccc1)c1ccc(N2CCC(Cc3ccccc3)CC2)nn1. The minimum absolute atomic E-state index is 0.266. The van der Waals surface area contributed by atoms with Gasteiger partial charge >= 0.3 is 0 Å². The molecular weight excluding hydrogens is 436 g/mol. The topological polar surface area (TPSA) is 67.3 Å². The highest BCUT2D eigenvalue weighted by Crippen LogP contribution is 2.29. The Morgan fingerprint density at radius 2 is 1.51 bits per heavy atom. The van der Waals surface area contributed by atoms with E-state index >= 15 is 0 Å². The van der Waals surface area contributed by atoms with E-state index in [1.54, 1.807) is 12.1 Å². The smallest absolute Gasteiger partial charge is 0.276 e. The van der Waals surface area contributed by atoms with Crippen LogP contribution in [0.3, 0.4) is 0 Å². The zero-order valence-corrected chi connectivity index (χ0v) is 19.5. The van der Waals surface area contributed by atoms with E-state index in [4.69, 9.17) is 4.74 Å². The summed E-state index contributed by atoms with van der Waals surface area (Å²) in [6, 6.07) is 31.1. The van der Waals surface area contributed by atoms with Crippen LogP contribution in [-0.2, 0) is 6.42 Å². The van der Waals surface area contributed by atoms with Crippen molar-refractivity contribution in [3.05, 3.63) is 108 Å². The molecule has 0 bridgehead atoms. The Balaban J connectivity index is 1.18. The molecule has 1 aromatic heterocycles. The fourth-order valence-corrected chi connectivity index (χ4v) is 4.39. The molecule has 2 heterocycles. The summed E-state index contributed by atoms with van der Waals surface area (Å²) in [6.07, 6.45) is 3.36. The molecule has 6 nitrogen and oxygen atoms in total. The van der Waals surface area contributed by atoms with Gasteiger partial charge < -0.3 is 15.0 Å². The molecule has 0 radical (unpaired) electrons. The highest BCUT2D eigenvalue weighted by atomic mass is 16.5. The van der Waals surface area contributed by atoms with Gasteiger partial charge in [0.2, 0.25) is 0 Å². The maximum atomic E-state index is 12.8. The Labute approximate surface area is 205 Å². The van der Waals surface area contributed by atoms with Gasteiger partial charge in [-0.3, -0.25) is 4.79 Å². The van der Waals surface area contributed by atoms with Crippen molar-refractivity contribution < 1.29 is 9.53 Å². The number of carbonyl (C=O) groups is 1. The number of ether oxygens (including phenoxy) is 1. The van der Waals surface area contributed by atoms with E-state index in [0.29, 0.717) is 23.1 Å². The van der Waals surface area contributed by atoms with Crippen molar-refractivity contribution in [3.8, 4) is 11.5 Å². The van der Waals surface area contributed by atoms with Crippen molar-refractivity contribution in [1.29, 1.82) is 0 Å². The van der Waals surface area contributed by atoms with Crippen LogP contribution in [-0.4, -0.2) is 29.2 Å². The number of hydrogen-bond donors (Lipinski definition) is 1. The predicted octanol–water partition coefficient (Wildman–Crippen LogP) is 5.98. The first-order chi connectivity index (χ1) is 17.2. The Morgan fingerprint density at radius 1 is 0.829 bits per heavy atom. The molecule has 1 fully saturated rings. The average molecular weight is 465 g/mol. The second kappa shape index (κ2) is 10.8. The summed E-state index contributed by atoms with van der Waals surface area (Å²) in [5.74, 6) is 2.44. The minimum Gasteiger partial charge on any atom is -0.455 e. The summed E-state index contributed by atoms with van der Waals surface area (Å²) in [4.78, 5) is 15.1. The van der Waals surface area contributed by atoms with E-state index in [2.05, 4.69) is 50.7 Å². The van der Waals surface area contributed by atoms with Crippen molar-refractivity contribution in [2.24, 2.45) is 5.92 Å². The van der Waals surface area contributed by atoms with Gasteiger partial charge in [0.05, 0.1) is 5.69 Å². The molecule has 0 spiro atoms. The van der Waals surface area contributed by atoms with Gasteiger partial charge in [-0.25, -0.2) is 0 Å². The standard InChI is InChI=1S/C29H28N4O2/c34-29(30-25-13-7-8-14-27(25)35-24-11-5-2-6-12-24)26-15-16-28(32-31-26)33-19-17-23(18-20-33)21-22-9-3-1-4-10-22/h1-16,23H,17-21H2,(H,30,34). The summed E-state index contributed by atoms with van der Waals surface area (Å²) in [5, 5.41) is 11.4. The lowest BCUT2D eigenvalue weighted by molar-refractivity contribution is 0.102. The highest BCUT2D eigenvalue weighted by molar-refractivity contribution is 6.03. The first-order valence-electron chi connectivity index (χ1n) is 12.0. The number of carbonyl (C=O) groups excluding carboxylic acids is 1. The molecule has 3 aromatic carbocycles. The highest BCUT2D eigenvalue weighted by Gasteiger charge is 2.21. The second-order valence-electron chi connectivity index (χ2n) is 8.76. The van der Waals surface area contributed by atoms with Crippen LogP contribution < -0.4 is 15.0 Å². The molecule has 0 saturated carbocycles. The molecule has 0 unspecified atom stereocenters. The summed E-state index contributed by atoms with van der Waals surface area (Å²) in [7, 11) is 0. The molecule has 6 heteroatoms. The zero-order chi connectivity index (χ0) is 23.9. The van der Waals surface area contributed by atoms with Crippen molar-refractivity contribution >= 4 is 17.4 Å². The zero-order valence-electron chi connectivity index (χ0n) is 19.5. The molecule has 35 heavy (non-hydrogen) atoms. The van der Waals surface area contributed by atoms with Gasteiger partial charge in [-0.05, 0) is 67.1 Å². The van der Waals surface area contributed by atoms with Crippen LogP contribution in [0.4, 0.5) is 11.5 Å². The lowest BCUT2D eigenvalue weighted by atomic mass is 9.90. The summed E-state index contributed by atoms with van der Waals surface area (Å²) >= 11 is 0. The number of nitrogens with one attached hydrogen (secondary N) is 1. The van der Waals surface area contributed by atoms with Crippen molar-refractivity contribution in [3.63, 3.8) is 0 Å². The van der Waals surface area contributed by atoms with E-state index in [1.807, 2.05) is 54.6 Å². The van der Waals surface area contributed by atoms with Gasteiger partial charge in [-0.1, -0.05) is 60.7 Å². The lowest BCUT2D eigenvalue weighted by Gasteiger charge is -2.32. The predicted molar refractivity (Wildman–Crippen MR) is 138 cm³/mol. The quantitative estimate of drug-likeness (QED) is 0.364. The summed E-state index contributed by atoms with van der Waals surface area (Å²) in [5.41, 5.74) is 2.24.